The van der Waals surface area contributed by atoms with Crippen LogP contribution >= 0.6 is 0 Å². The third-order valence-electron chi connectivity index (χ3n) is 3.28. The maximum absolute atomic E-state index is 12.6. The number of amides is 1. The molecular formula is C17H14N2O2. The van der Waals surface area contributed by atoms with Crippen LogP contribution in [0.4, 0.5) is 5.69 Å². The van der Waals surface area contributed by atoms with Gasteiger partial charge in [0.15, 0.2) is 5.78 Å². The van der Waals surface area contributed by atoms with E-state index in [1.807, 2.05) is 24.3 Å². The maximum atomic E-state index is 12.6. The highest BCUT2D eigenvalue weighted by atomic mass is 16.1. The third-order valence-corrected chi connectivity index (χ3v) is 3.28. The van der Waals surface area contributed by atoms with E-state index in [0.717, 1.165) is 10.9 Å². The second-order valence-electron chi connectivity index (χ2n) is 4.84. The first-order chi connectivity index (χ1) is 10.1. The van der Waals surface area contributed by atoms with E-state index in [0.29, 0.717) is 16.8 Å². The fourth-order valence-corrected chi connectivity index (χ4v) is 2.36. The highest BCUT2D eigenvalue weighted by Gasteiger charge is 2.14. The summed E-state index contributed by atoms with van der Waals surface area (Å²) in [6.45, 7) is 1.44. The van der Waals surface area contributed by atoms with Crippen molar-refractivity contribution in [2.24, 2.45) is 0 Å². The molecule has 0 saturated carbocycles. The summed E-state index contributed by atoms with van der Waals surface area (Å²) in [6.07, 6.45) is 1.72. The van der Waals surface area contributed by atoms with E-state index in [4.69, 9.17) is 0 Å². The Kier molecular flexibility index (Phi) is 3.28. The van der Waals surface area contributed by atoms with Crippen molar-refractivity contribution in [2.75, 3.05) is 5.32 Å². The van der Waals surface area contributed by atoms with E-state index in [-0.39, 0.29) is 11.7 Å². The molecule has 0 unspecified atom stereocenters. The number of hydrogen-bond donors (Lipinski definition) is 2. The average molecular weight is 278 g/mol. The van der Waals surface area contributed by atoms with Gasteiger partial charge in [-0.2, -0.15) is 0 Å². The Morgan fingerprint density at radius 1 is 1.05 bits per heavy atom. The number of rotatable bonds is 3. The van der Waals surface area contributed by atoms with Gasteiger partial charge >= 0.3 is 0 Å². The number of nitrogens with one attached hydrogen (secondary N) is 2. The van der Waals surface area contributed by atoms with Crippen molar-refractivity contribution in [3.63, 3.8) is 0 Å². The van der Waals surface area contributed by atoms with Gasteiger partial charge in [0, 0.05) is 40.8 Å². The highest BCUT2D eigenvalue weighted by molar-refractivity contribution is 6.16. The van der Waals surface area contributed by atoms with Crippen LogP contribution in [0.2, 0.25) is 0 Å². The summed E-state index contributed by atoms with van der Waals surface area (Å²) >= 11 is 0. The summed E-state index contributed by atoms with van der Waals surface area (Å²) < 4.78 is 0. The van der Waals surface area contributed by atoms with E-state index in [1.165, 1.54) is 6.92 Å². The Morgan fingerprint density at radius 2 is 1.86 bits per heavy atom. The van der Waals surface area contributed by atoms with Gasteiger partial charge in [-0.05, 0) is 18.2 Å². The van der Waals surface area contributed by atoms with Gasteiger partial charge in [0.05, 0.1) is 0 Å². The van der Waals surface area contributed by atoms with Crippen molar-refractivity contribution in [3.05, 3.63) is 65.9 Å². The molecule has 0 aliphatic rings. The minimum absolute atomic E-state index is 0.0698. The number of H-pyrrole nitrogens is 1. The molecule has 1 amide bonds. The lowest BCUT2D eigenvalue weighted by atomic mass is 10.0. The van der Waals surface area contributed by atoms with Crippen LogP contribution in [0.3, 0.4) is 0 Å². The number of fused-ring (bicyclic) bond motifs is 1. The zero-order valence-electron chi connectivity index (χ0n) is 11.5. The lowest BCUT2D eigenvalue weighted by Crippen LogP contribution is -2.07. The standard InChI is InChI=1S/C17H14N2O2/c1-11(20)19-13-6-4-5-12(9-13)17(21)15-10-18-16-8-3-2-7-14(15)16/h2-10,18H,1H3,(H,19,20). The third kappa shape index (κ3) is 2.56. The van der Waals surface area contributed by atoms with Gasteiger partial charge < -0.3 is 10.3 Å². The van der Waals surface area contributed by atoms with Crippen LogP contribution in [0.25, 0.3) is 10.9 Å². The summed E-state index contributed by atoms with van der Waals surface area (Å²) in [5.41, 5.74) is 2.73. The van der Waals surface area contributed by atoms with E-state index in [1.54, 1.807) is 30.5 Å². The predicted octanol–water partition coefficient (Wildman–Crippen LogP) is 3.36. The summed E-state index contributed by atoms with van der Waals surface area (Å²) in [5.74, 6) is -0.230. The minimum atomic E-state index is -0.160. The van der Waals surface area contributed by atoms with Crippen LogP contribution in [0.5, 0.6) is 0 Å². The van der Waals surface area contributed by atoms with Gasteiger partial charge in [-0.25, -0.2) is 0 Å². The van der Waals surface area contributed by atoms with E-state index < -0.39 is 0 Å². The molecule has 0 saturated heterocycles. The smallest absolute Gasteiger partial charge is 0.221 e. The van der Waals surface area contributed by atoms with E-state index >= 15 is 0 Å². The van der Waals surface area contributed by atoms with Gasteiger partial charge in [0.25, 0.3) is 0 Å². The monoisotopic (exact) mass is 278 g/mol. The van der Waals surface area contributed by atoms with Crippen LogP contribution in [0.15, 0.2) is 54.7 Å². The van der Waals surface area contributed by atoms with Gasteiger partial charge in [0.2, 0.25) is 5.91 Å². The van der Waals surface area contributed by atoms with Crippen molar-refractivity contribution in [1.82, 2.24) is 4.98 Å². The summed E-state index contributed by atoms with van der Waals surface area (Å²) in [4.78, 5) is 26.8. The molecule has 0 fully saturated rings. The molecule has 0 aliphatic carbocycles. The van der Waals surface area contributed by atoms with Crippen LogP contribution in [-0.4, -0.2) is 16.7 Å². The number of aromatic amines is 1. The quantitative estimate of drug-likeness (QED) is 0.722. The van der Waals surface area contributed by atoms with Gasteiger partial charge in [0.1, 0.15) is 0 Å². The Labute approximate surface area is 121 Å². The van der Waals surface area contributed by atoms with Crippen molar-refractivity contribution >= 4 is 28.3 Å². The molecule has 0 spiro atoms. The molecule has 0 aliphatic heterocycles. The first-order valence-corrected chi connectivity index (χ1v) is 6.63. The molecule has 4 heteroatoms. The number of carbonyl (C=O) groups excluding carboxylic acids is 2. The highest BCUT2D eigenvalue weighted by Crippen LogP contribution is 2.22. The molecule has 1 heterocycles. The SMILES string of the molecule is CC(=O)Nc1cccc(C(=O)c2c[nH]c3ccccc23)c1. The second-order valence-corrected chi connectivity index (χ2v) is 4.84. The Bertz CT molecular complexity index is 833. The number of anilines is 1. The van der Waals surface area contributed by atoms with Gasteiger partial charge in [-0.1, -0.05) is 30.3 Å². The molecular weight excluding hydrogens is 264 g/mol. The largest absolute Gasteiger partial charge is 0.360 e. The number of hydrogen-bond acceptors (Lipinski definition) is 2. The van der Waals surface area contributed by atoms with Crippen molar-refractivity contribution in [1.29, 1.82) is 0 Å². The molecule has 4 nitrogen and oxygen atoms in total. The summed E-state index contributed by atoms with van der Waals surface area (Å²) in [5, 5.41) is 3.58. The lowest BCUT2D eigenvalue weighted by molar-refractivity contribution is -0.114. The minimum Gasteiger partial charge on any atom is -0.360 e. The van der Waals surface area contributed by atoms with E-state index in [9.17, 15) is 9.59 Å². The zero-order valence-corrected chi connectivity index (χ0v) is 11.5. The number of aromatic nitrogens is 1. The number of ketones is 1. The zero-order chi connectivity index (χ0) is 14.8. The number of carbonyl (C=O) groups is 2. The summed E-state index contributed by atoms with van der Waals surface area (Å²) in [6, 6.07) is 14.6. The second kappa shape index (κ2) is 5.25. The predicted molar refractivity (Wildman–Crippen MR) is 82.5 cm³/mol. The fraction of sp³-hybridized carbons (Fsp3) is 0.0588. The first kappa shape index (κ1) is 13.1. The molecule has 104 valence electrons. The van der Waals surface area contributed by atoms with E-state index in [2.05, 4.69) is 10.3 Å². The normalized spacial score (nSPS) is 10.5. The van der Waals surface area contributed by atoms with Crippen LogP contribution in [0, 0.1) is 0 Å². The molecule has 1 aromatic heterocycles. The first-order valence-electron chi connectivity index (χ1n) is 6.63. The van der Waals surface area contributed by atoms with Gasteiger partial charge in [-0.15, -0.1) is 0 Å². The molecule has 2 N–H and O–H groups in total. The van der Waals surface area contributed by atoms with Crippen molar-refractivity contribution < 1.29 is 9.59 Å². The lowest BCUT2D eigenvalue weighted by Gasteiger charge is -2.05. The number of para-hydroxylation sites is 1. The molecule has 21 heavy (non-hydrogen) atoms. The van der Waals surface area contributed by atoms with Crippen LogP contribution < -0.4 is 5.32 Å². The van der Waals surface area contributed by atoms with Crippen LogP contribution in [-0.2, 0) is 4.79 Å². The van der Waals surface area contributed by atoms with Crippen molar-refractivity contribution in [3.8, 4) is 0 Å². The molecule has 3 aromatic rings. The number of benzene rings is 2. The Hall–Kier alpha value is -2.88. The molecule has 2 aromatic carbocycles. The molecule has 3 rings (SSSR count). The van der Waals surface area contributed by atoms with Gasteiger partial charge in [-0.3, -0.25) is 9.59 Å². The fourth-order valence-electron chi connectivity index (χ4n) is 2.36. The summed E-state index contributed by atoms with van der Waals surface area (Å²) in [7, 11) is 0. The molecule has 0 radical (unpaired) electrons. The van der Waals surface area contributed by atoms with Crippen LogP contribution in [0.1, 0.15) is 22.8 Å². The topological polar surface area (TPSA) is 62.0 Å². The Balaban J connectivity index is 2.00. The molecule has 0 bridgehead atoms. The maximum Gasteiger partial charge on any atom is 0.221 e. The average Bonchev–Trinajstić information content (AvgIpc) is 2.90. The Morgan fingerprint density at radius 3 is 2.67 bits per heavy atom. The van der Waals surface area contributed by atoms with Crippen molar-refractivity contribution in [2.45, 2.75) is 6.92 Å². The molecule has 0 atom stereocenters.